The van der Waals surface area contributed by atoms with E-state index >= 15 is 0 Å². The van der Waals surface area contributed by atoms with Crippen LogP contribution < -0.4 is 0 Å². The molecule has 25 heavy (non-hydrogen) atoms. The van der Waals surface area contributed by atoms with Gasteiger partial charge in [-0.25, -0.2) is 0 Å². The molecule has 2 atom stereocenters. The topological polar surface area (TPSA) is 76.9 Å². The summed E-state index contributed by atoms with van der Waals surface area (Å²) in [6.07, 6.45) is 3.49. The lowest BCUT2D eigenvalue weighted by Crippen LogP contribution is -2.50. The fraction of sp³-hybridized carbons (Fsp3) is 0.706. The van der Waals surface area contributed by atoms with E-state index in [1.54, 1.807) is 22.8 Å². The highest BCUT2D eigenvalue weighted by Gasteiger charge is 2.32. The van der Waals surface area contributed by atoms with Crippen LogP contribution in [0, 0.1) is 5.92 Å². The van der Waals surface area contributed by atoms with Gasteiger partial charge >= 0.3 is 11.8 Å². The fourth-order valence-corrected chi connectivity index (χ4v) is 3.43. The first-order valence-electron chi connectivity index (χ1n) is 8.78. The lowest BCUT2D eigenvalue weighted by atomic mass is 10.0. The van der Waals surface area contributed by atoms with Crippen LogP contribution in [-0.2, 0) is 26.1 Å². The van der Waals surface area contributed by atoms with Gasteiger partial charge in [-0.2, -0.15) is 5.10 Å². The van der Waals surface area contributed by atoms with Crippen LogP contribution in [0.25, 0.3) is 0 Å². The zero-order valence-corrected chi connectivity index (χ0v) is 14.9. The number of rotatable bonds is 3. The molecule has 2 fully saturated rings. The molecule has 0 radical (unpaired) electrons. The molecule has 3 rings (SSSR count). The van der Waals surface area contributed by atoms with Crippen LogP contribution in [0.5, 0.6) is 0 Å². The number of aromatic nitrogens is 2. The number of ether oxygens (including phenoxy) is 2. The molecule has 8 heteroatoms. The minimum Gasteiger partial charge on any atom is -0.381 e. The third-order valence-corrected chi connectivity index (χ3v) is 4.86. The van der Waals surface area contributed by atoms with E-state index in [1.807, 2.05) is 13.1 Å². The average Bonchev–Trinajstić information content (AvgIpc) is 3.07. The van der Waals surface area contributed by atoms with Crippen LogP contribution in [-0.4, -0.2) is 77.9 Å². The third-order valence-electron chi connectivity index (χ3n) is 4.86. The van der Waals surface area contributed by atoms with Crippen LogP contribution in [0.1, 0.15) is 24.6 Å². The summed E-state index contributed by atoms with van der Waals surface area (Å²) in [5, 5.41) is 4.14. The third kappa shape index (κ3) is 4.19. The Morgan fingerprint density at radius 2 is 2.24 bits per heavy atom. The molecule has 0 spiro atoms. The summed E-state index contributed by atoms with van der Waals surface area (Å²) in [4.78, 5) is 28.2. The molecule has 0 saturated carbocycles. The largest absolute Gasteiger partial charge is 0.381 e. The Labute approximate surface area is 147 Å². The first kappa shape index (κ1) is 17.9. The molecule has 0 aromatic carbocycles. The molecule has 2 saturated heterocycles. The maximum absolute atomic E-state index is 12.6. The summed E-state index contributed by atoms with van der Waals surface area (Å²) in [6, 6.07) is 1.87. The van der Waals surface area contributed by atoms with Gasteiger partial charge in [-0.1, -0.05) is 0 Å². The quantitative estimate of drug-likeness (QED) is 0.728. The van der Waals surface area contributed by atoms with E-state index in [4.69, 9.17) is 9.47 Å². The second-order valence-electron chi connectivity index (χ2n) is 6.76. The molecule has 0 N–H and O–H groups in total. The smallest absolute Gasteiger partial charge is 0.312 e. The van der Waals surface area contributed by atoms with Crippen LogP contribution >= 0.6 is 0 Å². The monoisotopic (exact) mass is 350 g/mol. The van der Waals surface area contributed by atoms with Crippen LogP contribution in [0.15, 0.2) is 12.3 Å². The van der Waals surface area contributed by atoms with Gasteiger partial charge in [-0.3, -0.25) is 14.3 Å². The molecule has 2 amide bonds. The molecule has 3 heterocycles. The molecule has 0 aliphatic carbocycles. The number of hydrogen-bond acceptors (Lipinski definition) is 5. The van der Waals surface area contributed by atoms with Gasteiger partial charge in [0.05, 0.1) is 25.5 Å². The van der Waals surface area contributed by atoms with Crippen molar-refractivity contribution in [2.75, 3.05) is 46.5 Å². The zero-order chi connectivity index (χ0) is 17.8. The molecular weight excluding hydrogens is 324 g/mol. The number of nitrogens with zero attached hydrogens (tertiary/aromatic N) is 4. The maximum atomic E-state index is 12.6. The Kier molecular flexibility index (Phi) is 5.70. The van der Waals surface area contributed by atoms with E-state index in [0.29, 0.717) is 38.8 Å². The van der Waals surface area contributed by atoms with Gasteiger partial charge < -0.3 is 19.3 Å². The fourth-order valence-electron chi connectivity index (χ4n) is 3.43. The Morgan fingerprint density at radius 3 is 2.92 bits per heavy atom. The highest BCUT2D eigenvalue weighted by molar-refractivity contribution is 6.34. The lowest BCUT2D eigenvalue weighted by Gasteiger charge is -2.34. The summed E-state index contributed by atoms with van der Waals surface area (Å²) < 4.78 is 12.9. The van der Waals surface area contributed by atoms with Crippen LogP contribution in [0.4, 0.5) is 0 Å². The van der Waals surface area contributed by atoms with Crippen molar-refractivity contribution in [2.45, 2.75) is 18.9 Å². The van der Waals surface area contributed by atoms with E-state index in [-0.39, 0.29) is 6.10 Å². The molecule has 2 unspecified atom stereocenters. The number of morpholine rings is 1. The van der Waals surface area contributed by atoms with Crippen LogP contribution in [0.2, 0.25) is 0 Å². The molecule has 8 nitrogen and oxygen atoms in total. The second kappa shape index (κ2) is 7.97. The first-order chi connectivity index (χ1) is 12.1. The number of carbonyl (C=O) groups excluding carboxylic acids is 2. The van der Waals surface area contributed by atoms with Crippen molar-refractivity contribution in [3.05, 3.63) is 18.0 Å². The Balaban J connectivity index is 1.57. The molecular formula is C17H26N4O4. The standard InChI is InChI=1S/C17H26N4O4/c1-19(10-13-4-3-8-24-12-13)16(22)17(23)21-7-9-25-15(11-21)14-5-6-18-20(14)2/h5-6,13,15H,3-4,7-12H2,1-2H3. The second-order valence-corrected chi connectivity index (χ2v) is 6.76. The number of amides is 2. The SMILES string of the molecule is CN(CC1CCCOC1)C(=O)C(=O)N1CCOC(c2ccnn2C)C1. The Hall–Kier alpha value is -1.93. The molecule has 1 aromatic rings. The zero-order valence-electron chi connectivity index (χ0n) is 14.9. The number of hydrogen-bond donors (Lipinski definition) is 0. The highest BCUT2D eigenvalue weighted by Crippen LogP contribution is 2.22. The summed E-state index contributed by atoms with van der Waals surface area (Å²) in [7, 11) is 3.53. The Morgan fingerprint density at radius 1 is 1.40 bits per heavy atom. The van der Waals surface area contributed by atoms with Crippen molar-refractivity contribution < 1.29 is 19.1 Å². The summed E-state index contributed by atoms with van der Waals surface area (Å²) in [6.45, 7) is 3.21. The maximum Gasteiger partial charge on any atom is 0.312 e. The van der Waals surface area contributed by atoms with E-state index < -0.39 is 11.8 Å². The van der Waals surface area contributed by atoms with Crippen molar-refractivity contribution in [3.63, 3.8) is 0 Å². The summed E-state index contributed by atoms with van der Waals surface area (Å²) in [5.41, 5.74) is 0.901. The average molecular weight is 350 g/mol. The van der Waals surface area contributed by atoms with E-state index in [2.05, 4.69) is 5.10 Å². The molecule has 138 valence electrons. The van der Waals surface area contributed by atoms with Gasteiger partial charge in [-0.15, -0.1) is 0 Å². The lowest BCUT2D eigenvalue weighted by molar-refractivity contribution is -0.156. The van der Waals surface area contributed by atoms with Crippen molar-refractivity contribution >= 4 is 11.8 Å². The molecule has 1 aromatic heterocycles. The van der Waals surface area contributed by atoms with Crippen molar-refractivity contribution in [1.29, 1.82) is 0 Å². The summed E-state index contributed by atoms with van der Waals surface area (Å²) in [5.74, 6) is -0.617. The van der Waals surface area contributed by atoms with Crippen LogP contribution in [0.3, 0.4) is 0 Å². The molecule has 0 bridgehead atoms. The van der Waals surface area contributed by atoms with Gasteiger partial charge in [0.1, 0.15) is 6.10 Å². The predicted molar refractivity (Wildman–Crippen MR) is 89.7 cm³/mol. The first-order valence-corrected chi connectivity index (χ1v) is 8.78. The van der Waals surface area contributed by atoms with Gasteiger partial charge in [0, 0.05) is 40.0 Å². The number of likely N-dealkylation sites (N-methyl/N-ethyl adjacent to an activating group) is 1. The molecule has 2 aliphatic heterocycles. The number of aryl methyl sites for hydroxylation is 1. The predicted octanol–water partition coefficient (Wildman–Crippen LogP) is 0.205. The Bertz CT molecular complexity index is 612. The van der Waals surface area contributed by atoms with E-state index in [0.717, 1.165) is 25.1 Å². The van der Waals surface area contributed by atoms with Gasteiger partial charge in [0.15, 0.2) is 0 Å². The van der Waals surface area contributed by atoms with E-state index in [9.17, 15) is 9.59 Å². The minimum atomic E-state index is -0.463. The minimum absolute atomic E-state index is 0.255. The van der Waals surface area contributed by atoms with Gasteiger partial charge in [-0.05, 0) is 24.8 Å². The summed E-state index contributed by atoms with van der Waals surface area (Å²) >= 11 is 0. The van der Waals surface area contributed by atoms with Crippen molar-refractivity contribution in [1.82, 2.24) is 19.6 Å². The van der Waals surface area contributed by atoms with Crippen molar-refractivity contribution in [3.8, 4) is 0 Å². The van der Waals surface area contributed by atoms with E-state index in [1.165, 1.54) is 4.90 Å². The van der Waals surface area contributed by atoms with Gasteiger partial charge in [0.2, 0.25) is 0 Å². The van der Waals surface area contributed by atoms with Gasteiger partial charge in [0.25, 0.3) is 0 Å². The normalized spacial score (nSPS) is 24.2. The van der Waals surface area contributed by atoms with Crippen molar-refractivity contribution in [2.24, 2.45) is 13.0 Å². The molecule has 2 aliphatic rings. The number of carbonyl (C=O) groups is 2. The highest BCUT2D eigenvalue weighted by atomic mass is 16.5.